The van der Waals surface area contributed by atoms with Crippen molar-refractivity contribution in [3.05, 3.63) is 63.4 Å². The van der Waals surface area contributed by atoms with E-state index in [1.807, 2.05) is 30.5 Å². The number of rotatable bonds is 3. The minimum absolute atomic E-state index is 0.159. The van der Waals surface area contributed by atoms with Gasteiger partial charge in [-0.1, -0.05) is 35.4 Å². The zero-order valence-electron chi connectivity index (χ0n) is 16.7. The van der Waals surface area contributed by atoms with Crippen molar-refractivity contribution in [3.8, 4) is 5.69 Å². The van der Waals surface area contributed by atoms with Crippen LogP contribution >= 0.6 is 23.2 Å². The van der Waals surface area contributed by atoms with Crippen molar-refractivity contribution in [1.82, 2.24) is 9.58 Å². The van der Waals surface area contributed by atoms with Crippen LogP contribution < -0.4 is 0 Å². The second kappa shape index (κ2) is 7.10. The van der Waals surface area contributed by atoms with Gasteiger partial charge in [-0.15, -0.1) is 0 Å². The Balaban J connectivity index is 1.47. The van der Waals surface area contributed by atoms with E-state index in [9.17, 15) is 9.59 Å². The van der Waals surface area contributed by atoms with E-state index in [0.717, 1.165) is 40.5 Å². The van der Waals surface area contributed by atoms with Crippen molar-refractivity contribution in [2.45, 2.75) is 26.7 Å². The topological polar surface area (TPSA) is 54.7 Å². The van der Waals surface area contributed by atoms with Gasteiger partial charge in [-0.3, -0.25) is 9.59 Å². The molecule has 2 aromatic rings. The zero-order valence-corrected chi connectivity index (χ0v) is 18.2. The monoisotopic (exact) mass is 441 g/mol. The molecule has 4 aliphatic rings. The van der Waals surface area contributed by atoms with Crippen LogP contribution in [0.2, 0.25) is 10.0 Å². The van der Waals surface area contributed by atoms with E-state index in [1.165, 1.54) is 0 Å². The van der Waals surface area contributed by atoms with Crippen LogP contribution in [-0.4, -0.2) is 27.6 Å². The Morgan fingerprint density at radius 1 is 1.00 bits per heavy atom. The molecule has 1 aromatic heterocycles. The molecule has 3 aliphatic carbocycles. The quantitative estimate of drug-likeness (QED) is 0.385. The first-order valence-corrected chi connectivity index (χ1v) is 10.9. The smallest absolute Gasteiger partial charge is 0.254 e. The van der Waals surface area contributed by atoms with Gasteiger partial charge in [0.1, 0.15) is 0 Å². The highest BCUT2D eigenvalue weighted by Crippen LogP contribution is 2.49. The number of nitrogens with zero attached hydrogens (tertiary/aromatic N) is 3. The van der Waals surface area contributed by atoms with Crippen LogP contribution in [0, 0.1) is 37.5 Å². The maximum Gasteiger partial charge on any atom is 0.254 e. The Hall–Kier alpha value is -2.37. The molecule has 7 heteroatoms. The molecule has 0 spiro atoms. The van der Waals surface area contributed by atoms with E-state index < -0.39 is 0 Å². The van der Waals surface area contributed by atoms with Crippen LogP contribution in [0.5, 0.6) is 0 Å². The van der Waals surface area contributed by atoms with Gasteiger partial charge < -0.3 is 4.57 Å². The number of hydrogen-bond acceptors (Lipinski definition) is 3. The summed E-state index contributed by atoms with van der Waals surface area (Å²) < 4.78 is 1.99. The Morgan fingerprint density at radius 2 is 1.63 bits per heavy atom. The van der Waals surface area contributed by atoms with Gasteiger partial charge in [-0.05, 0) is 62.8 Å². The number of carbonyl (C=O) groups excluding carboxylic acids is 2. The molecule has 4 atom stereocenters. The third kappa shape index (κ3) is 2.87. The van der Waals surface area contributed by atoms with Crippen molar-refractivity contribution in [1.29, 1.82) is 0 Å². The van der Waals surface area contributed by atoms with E-state index in [1.54, 1.807) is 18.3 Å². The summed E-state index contributed by atoms with van der Waals surface area (Å²) in [6.07, 6.45) is 7.76. The summed E-state index contributed by atoms with van der Waals surface area (Å²) >= 11 is 12.6. The molecule has 1 saturated heterocycles. The van der Waals surface area contributed by atoms with Gasteiger partial charge >= 0.3 is 0 Å². The lowest BCUT2D eigenvalue weighted by atomic mass is 9.63. The minimum Gasteiger partial charge on any atom is -0.316 e. The number of benzene rings is 1. The predicted octanol–water partition coefficient (Wildman–Crippen LogP) is 4.93. The maximum atomic E-state index is 12.9. The molecule has 1 saturated carbocycles. The molecule has 0 unspecified atom stereocenters. The highest BCUT2D eigenvalue weighted by molar-refractivity contribution is 6.34. The van der Waals surface area contributed by atoms with E-state index in [4.69, 9.17) is 23.2 Å². The summed E-state index contributed by atoms with van der Waals surface area (Å²) in [6, 6.07) is 7.28. The number of hydrogen-bond donors (Lipinski definition) is 0. The first-order valence-electron chi connectivity index (χ1n) is 10.1. The highest BCUT2D eigenvalue weighted by atomic mass is 35.5. The maximum absolute atomic E-state index is 12.9. The van der Waals surface area contributed by atoms with Gasteiger partial charge in [-0.2, -0.15) is 10.1 Å². The number of aromatic nitrogens is 1. The molecular formula is C23H21Cl2N3O2. The lowest BCUT2D eigenvalue weighted by Gasteiger charge is -2.37. The molecule has 0 radical (unpaired) electrons. The van der Waals surface area contributed by atoms with Crippen LogP contribution in [0.4, 0.5) is 0 Å². The van der Waals surface area contributed by atoms with Crippen LogP contribution in [0.3, 0.4) is 0 Å². The Kier molecular flexibility index (Phi) is 4.64. The second-order valence-corrected chi connectivity index (χ2v) is 9.18. The van der Waals surface area contributed by atoms with E-state index >= 15 is 0 Å². The van der Waals surface area contributed by atoms with Crippen molar-refractivity contribution in [2.24, 2.45) is 28.8 Å². The lowest BCUT2D eigenvalue weighted by Crippen LogP contribution is -2.38. The molecule has 30 heavy (non-hydrogen) atoms. The SMILES string of the molecule is Cc1cc(/C=N\N2C(=O)[C@@H]3[C@@H](C2=O)[C@H]2C=C[C@H]3CC2)c(C)n1-c1cc(Cl)ccc1Cl. The van der Waals surface area contributed by atoms with Gasteiger partial charge in [-0.25, -0.2) is 0 Å². The molecule has 2 heterocycles. The van der Waals surface area contributed by atoms with Crippen molar-refractivity contribution < 1.29 is 9.59 Å². The fourth-order valence-electron chi connectivity index (χ4n) is 5.24. The second-order valence-electron chi connectivity index (χ2n) is 8.33. The van der Waals surface area contributed by atoms with Crippen LogP contribution in [0.1, 0.15) is 29.8 Å². The molecule has 0 N–H and O–H groups in total. The molecule has 1 aliphatic heterocycles. The highest BCUT2D eigenvalue weighted by Gasteiger charge is 2.56. The lowest BCUT2D eigenvalue weighted by molar-refractivity contribution is -0.140. The van der Waals surface area contributed by atoms with Crippen molar-refractivity contribution in [2.75, 3.05) is 0 Å². The molecule has 6 rings (SSSR count). The minimum atomic E-state index is -0.254. The summed E-state index contributed by atoms with van der Waals surface area (Å²) in [6.45, 7) is 3.91. The van der Waals surface area contributed by atoms with Gasteiger partial charge in [0.05, 0.1) is 28.8 Å². The molecule has 2 fully saturated rings. The molecular weight excluding hydrogens is 421 g/mol. The number of imide groups is 1. The van der Waals surface area contributed by atoms with Crippen molar-refractivity contribution >= 4 is 41.2 Å². The Labute approximate surface area is 184 Å². The predicted molar refractivity (Wildman–Crippen MR) is 117 cm³/mol. The van der Waals surface area contributed by atoms with Gasteiger partial charge in [0.15, 0.2) is 0 Å². The third-order valence-electron chi connectivity index (χ3n) is 6.67. The average Bonchev–Trinajstić information content (AvgIpc) is 3.17. The standard InChI is InChI=1S/C23H21Cl2N3O2/c1-12-9-16(13(2)27(12)19-10-17(24)7-8-18(19)25)11-26-28-22(29)20-14-3-4-15(6-5-14)21(20)23(28)30/h3-4,7-11,14-15,20-21H,5-6H2,1-2H3/b26-11-/t14-,15-,20-,21-/m0/s1. The van der Waals surface area contributed by atoms with E-state index in [0.29, 0.717) is 10.0 Å². The fourth-order valence-corrected chi connectivity index (χ4v) is 5.61. The largest absolute Gasteiger partial charge is 0.316 e. The number of carbonyl (C=O) groups is 2. The van der Waals surface area contributed by atoms with Crippen LogP contribution in [0.15, 0.2) is 41.5 Å². The first kappa shape index (κ1) is 19.6. The first-order chi connectivity index (χ1) is 14.4. The van der Waals surface area contributed by atoms with E-state index in [2.05, 4.69) is 17.3 Å². The van der Waals surface area contributed by atoms with Crippen LogP contribution in [-0.2, 0) is 9.59 Å². The number of amides is 2. The fraction of sp³-hybridized carbons (Fsp3) is 0.348. The molecule has 1 aromatic carbocycles. The molecule has 2 amide bonds. The normalized spacial score (nSPS) is 27.5. The third-order valence-corrected chi connectivity index (χ3v) is 7.22. The number of hydrazone groups is 1. The van der Waals surface area contributed by atoms with Crippen molar-refractivity contribution in [3.63, 3.8) is 0 Å². The van der Waals surface area contributed by atoms with Gasteiger partial charge in [0.2, 0.25) is 0 Å². The molecule has 154 valence electrons. The summed E-state index contributed by atoms with van der Waals surface area (Å²) in [5.41, 5.74) is 3.45. The van der Waals surface area contributed by atoms with Crippen LogP contribution in [0.25, 0.3) is 5.69 Å². The number of allylic oxidation sites excluding steroid dienone is 2. The average molecular weight is 442 g/mol. The number of halogens is 2. The van der Waals surface area contributed by atoms with E-state index in [-0.39, 0.29) is 35.5 Å². The summed E-state index contributed by atoms with van der Waals surface area (Å²) in [4.78, 5) is 25.9. The van der Waals surface area contributed by atoms with Gasteiger partial charge in [0.25, 0.3) is 11.8 Å². The molecule has 2 bridgehead atoms. The zero-order chi connectivity index (χ0) is 21.2. The van der Waals surface area contributed by atoms with Gasteiger partial charge in [0, 0.05) is 22.0 Å². The Bertz CT molecular complexity index is 1100. The molecule has 5 nitrogen and oxygen atoms in total. The Morgan fingerprint density at radius 3 is 2.23 bits per heavy atom. The summed E-state index contributed by atoms with van der Waals surface area (Å²) in [5, 5.41) is 6.60. The number of aryl methyl sites for hydroxylation is 1. The number of fused-ring (bicyclic) bond motifs is 1. The summed E-state index contributed by atoms with van der Waals surface area (Å²) in [5.74, 6) is -0.537. The summed E-state index contributed by atoms with van der Waals surface area (Å²) in [7, 11) is 0.